The zero-order valence-corrected chi connectivity index (χ0v) is 17.7. The number of nitrogens with two attached hydrogens (primary N) is 1. The highest BCUT2D eigenvalue weighted by molar-refractivity contribution is 9.10. The lowest BCUT2D eigenvalue weighted by Crippen LogP contribution is -2.21. The summed E-state index contributed by atoms with van der Waals surface area (Å²) < 4.78 is 6.22. The van der Waals surface area contributed by atoms with Crippen molar-refractivity contribution in [3.63, 3.8) is 0 Å². The van der Waals surface area contributed by atoms with Crippen molar-refractivity contribution in [2.45, 2.75) is 6.92 Å². The van der Waals surface area contributed by atoms with Gasteiger partial charge in [-0.2, -0.15) is 10.1 Å². The van der Waals surface area contributed by atoms with E-state index in [1.807, 2.05) is 0 Å². The van der Waals surface area contributed by atoms with Gasteiger partial charge in [-0.05, 0) is 49.4 Å². The normalized spacial score (nSPS) is 15.1. The molecule has 0 fully saturated rings. The second kappa shape index (κ2) is 8.34. The van der Waals surface area contributed by atoms with E-state index in [-0.39, 0.29) is 12.5 Å². The van der Waals surface area contributed by atoms with E-state index in [2.05, 4.69) is 21.0 Å². The fourth-order valence-corrected chi connectivity index (χ4v) is 3.22. The maximum absolute atomic E-state index is 12.9. The minimum atomic E-state index is -0.595. The lowest BCUT2D eigenvalue weighted by molar-refractivity contribution is -0.120. The van der Waals surface area contributed by atoms with Crippen molar-refractivity contribution in [3.05, 3.63) is 62.1 Å². The number of halogens is 3. The van der Waals surface area contributed by atoms with Crippen molar-refractivity contribution in [1.82, 2.24) is 0 Å². The number of ether oxygens (including phenoxy) is 1. The van der Waals surface area contributed by atoms with Crippen molar-refractivity contribution < 1.29 is 14.3 Å². The first kappa shape index (κ1) is 20.4. The van der Waals surface area contributed by atoms with E-state index < -0.39 is 5.91 Å². The fourth-order valence-electron chi connectivity index (χ4n) is 2.54. The molecule has 0 saturated carbocycles. The van der Waals surface area contributed by atoms with Crippen LogP contribution in [-0.4, -0.2) is 24.1 Å². The van der Waals surface area contributed by atoms with Gasteiger partial charge in [-0.1, -0.05) is 39.1 Å². The Bertz CT molecular complexity index is 1040. The van der Waals surface area contributed by atoms with E-state index in [0.29, 0.717) is 38.3 Å². The summed E-state index contributed by atoms with van der Waals surface area (Å²) in [6.45, 7) is 1.46. The molecule has 1 heterocycles. The summed E-state index contributed by atoms with van der Waals surface area (Å²) in [7, 11) is 0. The molecule has 9 heteroatoms. The molecule has 2 amide bonds. The van der Waals surface area contributed by atoms with Gasteiger partial charge in [0.2, 0.25) is 0 Å². The van der Waals surface area contributed by atoms with Gasteiger partial charge < -0.3 is 10.5 Å². The second-order valence-electron chi connectivity index (χ2n) is 5.90. The van der Waals surface area contributed by atoms with E-state index >= 15 is 0 Å². The number of hydrogen-bond acceptors (Lipinski definition) is 4. The molecule has 0 spiro atoms. The summed E-state index contributed by atoms with van der Waals surface area (Å²) in [6.07, 6.45) is 1.65. The minimum Gasteiger partial charge on any atom is -0.483 e. The van der Waals surface area contributed by atoms with Crippen molar-refractivity contribution in [2.24, 2.45) is 10.8 Å². The Balaban J connectivity index is 1.96. The van der Waals surface area contributed by atoms with Crippen molar-refractivity contribution >= 4 is 68.4 Å². The lowest BCUT2D eigenvalue weighted by Gasteiger charge is -2.13. The van der Waals surface area contributed by atoms with Crippen LogP contribution in [-0.2, 0) is 9.59 Å². The first-order valence-electron chi connectivity index (χ1n) is 8.03. The summed E-state index contributed by atoms with van der Waals surface area (Å²) in [5.41, 5.74) is 7.15. The van der Waals surface area contributed by atoms with Crippen LogP contribution in [0.3, 0.4) is 0 Å². The van der Waals surface area contributed by atoms with E-state index in [4.69, 9.17) is 33.7 Å². The fraction of sp³-hybridized carbons (Fsp3) is 0.105. The molecule has 2 aromatic carbocycles. The van der Waals surface area contributed by atoms with Crippen molar-refractivity contribution in [3.8, 4) is 5.75 Å². The van der Waals surface area contributed by atoms with Gasteiger partial charge in [0.15, 0.2) is 6.61 Å². The van der Waals surface area contributed by atoms with E-state index in [0.717, 1.165) is 4.47 Å². The molecular weight excluding hydrogens is 469 g/mol. The highest BCUT2D eigenvalue weighted by Gasteiger charge is 2.29. The van der Waals surface area contributed by atoms with Gasteiger partial charge in [-0.15, -0.1) is 0 Å². The number of primary amides is 1. The zero-order valence-electron chi connectivity index (χ0n) is 14.6. The molecular formula is C19H14BrCl2N3O3. The third-order valence-corrected chi connectivity index (χ3v) is 5.08. The quantitative estimate of drug-likeness (QED) is 0.639. The third kappa shape index (κ3) is 4.38. The molecule has 2 N–H and O–H groups in total. The minimum absolute atomic E-state index is 0.270. The molecule has 144 valence electrons. The average molecular weight is 483 g/mol. The second-order valence-corrected chi connectivity index (χ2v) is 7.63. The smallest absolute Gasteiger partial charge is 0.280 e. The van der Waals surface area contributed by atoms with Crippen molar-refractivity contribution in [2.75, 3.05) is 11.6 Å². The van der Waals surface area contributed by atoms with E-state index in [9.17, 15) is 9.59 Å². The number of carbonyl (C=O) groups is 2. The molecule has 0 radical (unpaired) electrons. The van der Waals surface area contributed by atoms with Crippen LogP contribution in [0.4, 0.5) is 5.69 Å². The first-order chi connectivity index (χ1) is 13.3. The number of rotatable bonds is 5. The number of hydrogen-bond donors (Lipinski definition) is 1. The van der Waals surface area contributed by atoms with Crippen LogP contribution in [0.1, 0.15) is 12.5 Å². The van der Waals surface area contributed by atoms with Crippen LogP contribution in [0, 0.1) is 0 Å². The monoisotopic (exact) mass is 481 g/mol. The SMILES string of the molecule is CC1=NN(c2ccc(Cl)c(Cl)c2)C(=O)/C1=C\c1cc(Br)ccc1OCC(N)=O. The molecule has 1 aliphatic heterocycles. The predicted octanol–water partition coefficient (Wildman–Crippen LogP) is 4.43. The standard InChI is InChI=1S/C19H14BrCl2N3O3/c1-10-14(7-11-6-12(20)2-5-17(11)28-9-18(23)26)19(27)25(24-10)13-3-4-15(21)16(22)8-13/h2-8H,9H2,1H3,(H2,23,26)/b14-7-. The number of carbonyl (C=O) groups excluding carboxylic acids is 2. The molecule has 0 bridgehead atoms. The number of amides is 2. The molecule has 0 unspecified atom stereocenters. The molecule has 3 rings (SSSR count). The Morgan fingerprint density at radius 3 is 2.68 bits per heavy atom. The zero-order chi connectivity index (χ0) is 20.4. The van der Waals surface area contributed by atoms with Crippen LogP contribution in [0.15, 0.2) is 51.5 Å². The highest BCUT2D eigenvalue weighted by atomic mass is 79.9. The Morgan fingerprint density at radius 1 is 1.25 bits per heavy atom. The predicted molar refractivity (Wildman–Crippen MR) is 114 cm³/mol. The van der Waals surface area contributed by atoms with Gasteiger partial charge in [-0.3, -0.25) is 9.59 Å². The lowest BCUT2D eigenvalue weighted by atomic mass is 10.1. The molecule has 0 saturated heterocycles. The summed E-state index contributed by atoms with van der Waals surface area (Å²) >= 11 is 15.4. The molecule has 28 heavy (non-hydrogen) atoms. The van der Waals surface area contributed by atoms with E-state index in [1.54, 1.807) is 49.4 Å². The number of anilines is 1. The Morgan fingerprint density at radius 2 is 2.00 bits per heavy atom. The summed E-state index contributed by atoms with van der Waals surface area (Å²) in [5, 5.41) is 6.29. The van der Waals surface area contributed by atoms with Gasteiger partial charge in [0, 0.05) is 10.0 Å². The Kier molecular flexibility index (Phi) is 6.07. The average Bonchev–Trinajstić information content (AvgIpc) is 2.91. The van der Waals surface area contributed by atoms with Gasteiger partial charge >= 0.3 is 0 Å². The maximum Gasteiger partial charge on any atom is 0.280 e. The number of hydrazone groups is 1. The first-order valence-corrected chi connectivity index (χ1v) is 9.58. The van der Waals surface area contributed by atoms with Crippen LogP contribution in [0.5, 0.6) is 5.75 Å². The van der Waals surface area contributed by atoms with Gasteiger partial charge in [-0.25, -0.2) is 0 Å². The molecule has 6 nitrogen and oxygen atoms in total. The third-order valence-electron chi connectivity index (χ3n) is 3.85. The van der Waals surface area contributed by atoms with E-state index in [1.165, 1.54) is 5.01 Å². The molecule has 2 aromatic rings. The number of nitrogens with zero attached hydrogens (tertiary/aromatic N) is 2. The van der Waals surface area contributed by atoms with Crippen LogP contribution in [0.2, 0.25) is 10.0 Å². The molecule has 0 aromatic heterocycles. The summed E-state index contributed by atoms with van der Waals surface area (Å²) in [5.74, 6) is -0.498. The van der Waals surface area contributed by atoms with Crippen LogP contribution in [0.25, 0.3) is 6.08 Å². The molecule has 0 atom stereocenters. The Labute approximate surface area is 179 Å². The van der Waals surface area contributed by atoms with Crippen molar-refractivity contribution in [1.29, 1.82) is 0 Å². The Hall–Kier alpha value is -2.35. The molecule has 1 aliphatic rings. The highest BCUT2D eigenvalue weighted by Crippen LogP contribution is 2.32. The van der Waals surface area contributed by atoms with Crippen LogP contribution < -0.4 is 15.5 Å². The topological polar surface area (TPSA) is 85.0 Å². The summed E-state index contributed by atoms with van der Waals surface area (Å²) in [6, 6.07) is 10.0. The number of benzene rings is 2. The largest absolute Gasteiger partial charge is 0.483 e. The van der Waals surface area contributed by atoms with Gasteiger partial charge in [0.1, 0.15) is 5.75 Å². The van der Waals surface area contributed by atoms with Crippen LogP contribution >= 0.6 is 39.1 Å². The van der Waals surface area contributed by atoms with Gasteiger partial charge in [0.25, 0.3) is 11.8 Å². The van der Waals surface area contributed by atoms with Gasteiger partial charge in [0.05, 0.1) is 27.0 Å². The summed E-state index contributed by atoms with van der Waals surface area (Å²) in [4.78, 5) is 23.9. The maximum atomic E-state index is 12.9. The molecule has 0 aliphatic carbocycles.